The number of hydrogen-bond donors (Lipinski definition) is 1. The van der Waals surface area contributed by atoms with Crippen molar-refractivity contribution in [2.24, 2.45) is 5.92 Å². The van der Waals surface area contributed by atoms with E-state index in [1.807, 2.05) is 0 Å². The fourth-order valence-electron chi connectivity index (χ4n) is 3.34. The van der Waals surface area contributed by atoms with Gasteiger partial charge in [-0.3, -0.25) is 9.78 Å². The molecule has 4 nitrogen and oxygen atoms in total. The zero-order chi connectivity index (χ0) is 13.9. The molecule has 2 aliphatic rings. The van der Waals surface area contributed by atoms with Crippen molar-refractivity contribution in [1.82, 2.24) is 15.2 Å². The second-order valence-corrected chi connectivity index (χ2v) is 5.69. The average Bonchev–Trinajstić information content (AvgIpc) is 3.01. The Morgan fingerprint density at radius 1 is 1.27 bits per heavy atom. The maximum absolute atomic E-state index is 13.6. The van der Waals surface area contributed by atoms with Crippen LogP contribution in [0, 0.1) is 11.7 Å². The van der Waals surface area contributed by atoms with Crippen LogP contribution in [0.2, 0.25) is 0 Å². The molecule has 1 aromatic heterocycles. The summed E-state index contributed by atoms with van der Waals surface area (Å²) in [6.07, 6.45) is 7.09. The fraction of sp³-hybridized carbons (Fsp3) is 0.600. The summed E-state index contributed by atoms with van der Waals surface area (Å²) in [5.74, 6) is -0.0800. The first kappa shape index (κ1) is 19.1. The minimum atomic E-state index is -0.530. The Balaban J connectivity index is 0.00000121. The van der Waals surface area contributed by atoms with Crippen molar-refractivity contribution in [3.8, 4) is 0 Å². The number of nitrogens with zero attached hydrogens (tertiary/aromatic N) is 2. The lowest BCUT2D eigenvalue weighted by atomic mass is 9.88. The lowest BCUT2D eigenvalue weighted by molar-refractivity contribution is 0.0669. The van der Waals surface area contributed by atoms with Crippen molar-refractivity contribution < 1.29 is 9.18 Å². The molecule has 3 rings (SSSR count). The molecule has 1 atom stereocenters. The average molecular weight is 350 g/mol. The second kappa shape index (κ2) is 8.65. The third kappa shape index (κ3) is 4.09. The topological polar surface area (TPSA) is 45.2 Å². The molecule has 0 spiro atoms. The smallest absolute Gasteiger partial charge is 0.256 e. The van der Waals surface area contributed by atoms with E-state index in [9.17, 15) is 9.18 Å². The molecule has 7 heteroatoms. The third-order valence-corrected chi connectivity index (χ3v) is 4.50. The van der Waals surface area contributed by atoms with Crippen molar-refractivity contribution >= 4 is 30.7 Å². The number of pyridine rings is 1. The van der Waals surface area contributed by atoms with Crippen LogP contribution in [0.25, 0.3) is 0 Å². The molecule has 0 aliphatic carbocycles. The van der Waals surface area contributed by atoms with Gasteiger partial charge in [0.05, 0.1) is 11.8 Å². The number of halogens is 3. The van der Waals surface area contributed by atoms with E-state index in [-0.39, 0.29) is 36.3 Å². The largest absolute Gasteiger partial charge is 0.339 e. The lowest BCUT2D eigenvalue weighted by Gasteiger charge is -2.35. The number of amides is 1. The van der Waals surface area contributed by atoms with Crippen LogP contribution in [0.4, 0.5) is 4.39 Å². The predicted molar refractivity (Wildman–Crippen MR) is 88.3 cm³/mol. The number of rotatable bonds is 2. The molecule has 3 heterocycles. The first-order valence-electron chi connectivity index (χ1n) is 7.38. The summed E-state index contributed by atoms with van der Waals surface area (Å²) in [7, 11) is 0. The zero-order valence-corrected chi connectivity index (χ0v) is 14.0. The Bertz CT molecular complexity index is 489. The van der Waals surface area contributed by atoms with Crippen LogP contribution in [-0.2, 0) is 0 Å². The summed E-state index contributed by atoms with van der Waals surface area (Å²) in [4.78, 5) is 17.7. The van der Waals surface area contributed by atoms with Crippen LogP contribution in [-0.4, -0.2) is 41.5 Å². The molecule has 2 aliphatic heterocycles. The van der Waals surface area contributed by atoms with Gasteiger partial charge in [0.25, 0.3) is 5.91 Å². The molecule has 1 aromatic rings. The van der Waals surface area contributed by atoms with Crippen LogP contribution in [0.3, 0.4) is 0 Å². The summed E-state index contributed by atoms with van der Waals surface area (Å²) in [5.41, 5.74) is 0.137. The molecule has 1 unspecified atom stereocenters. The van der Waals surface area contributed by atoms with Crippen LogP contribution in [0.15, 0.2) is 18.5 Å². The summed E-state index contributed by atoms with van der Waals surface area (Å²) in [6, 6.07) is 2.08. The number of aromatic nitrogens is 1. The van der Waals surface area contributed by atoms with Crippen LogP contribution >= 0.6 is 24.8 Å². The number of likely N-dealkylation sites (tertiary alicyclic amines) is 1. The maximum atomic E-state index is 13.6. The van der Waals surface area contributed by atoms with Gasteiger partial charge < -0.3 is 10.2 Å². The molecular weight excluding hydrogens is 328 g/mol. The van der Waals surface area contributed by atoms with Crippen molar-refractivity contribution in [3.05, 3.63) is 29.8 Å². The van der Waals surface area contributed by atoms with Gasteiger partial charge in [0.1, 0.15) is 0 Å². The normalized spacial score (nSPS) is 21.9. The molecule has 1 amide bonds. The van der Waals surface area contributed by atoms with E-state index in [1.54, 1.807) is 4.90 Å². The quantitative estimate of drug-likeness (QED) is 0.892. The number of nitrogens with one attached hydrogen (secondary N) is 1. The maximum Gasteiger partial charge on any atom is 0.256 e. The Morgan fingerprint density at radius 3 is 2.59 bits per heavy atom. The highest BCUT2D eigenvalue weighted by Crippen LogP contribution is 2.26. The van der Waals surface area contributed by atoms with E-state index < -0.39 is 5.82 Å². The number of carbonyl (C=O) groups excluding carboxylic acids is 1. The standard InChI is InChI=1S/C15H20FN3O.2ClH/c16-13-10-17-7-3-12(13)15(20)19-8-4-11(5-9-19)14-2-1-6-18-14;;/h3,7,10-11,14,18H,1-2,4-6,8-9H2;2*1H. The van der Waals surface area contributed by atoms with E-state index in [4.69, 9.17) is 0 Å². The Labute approximate surface area is 142 Å². The van der Waals surface area contributed by atoms with E-state index in [0.29, 0.717) is 12.0 Å². The molecule has 2 fully saturated rings. The van der Waals surface area contributed by atoms with Gasteiger partial charge in [-0.05, 0) is 44.2 Å². The zero-order valence-electron chi connectivity index (χ0n) is 12.3. The van der Waals surface area contributed by atoms with Gasteiger partial charge in [-0.2, -0.15) is 0 Å². The van der Waals surface area contributed by atoms with Crippen molar-refractivity contribution in [3.63, 3.8) is 0 Å². The summed E-state index contributed by atoms with van der Waals surface area (Å²) >= 11 is 0. The number of hydrogen-bond acceptors (Lipinski definition) is 3. The molecule has 2 saturated heterocycles. The minimum Gasteiger partial charge on any atom is -0.339 e. The van der Waals surface area contributed by atoms with Gasteiger partial charge in [-0.1, -0.05) is 0 Å². The van der Waals surface area contributed by atoms with E-state index in [0.717, 1.165) is 38.7 Å². The molecule has 0 aromatic carbocycles. The van der Waals surface area contributed by atoms with Gasteiger partial charge in [0.2, 0.25) is 0 Å². The van der Waals surface area contributed by atoms with Gasteiger partial charge in [0.15, 0.2) is 5.82 Å². The van der Waals surface area contributed by atoms with Crippen LogP contribution in [0.1, 0.15) is 36.0 Å². The Morgan fingerprint density at radius 2 is 2.00 bits per heavy atom. The van der Waals surface area contributed by atoms with Gasteiger partial charge in [-0.15, -0.1) is 24.8 Å². The highest BCUT2D eigenvalue weighted by Gasteiger charge is 2.30. The van der Waals surface area contributed by atoms with Crippen molar-refractivity contribution in [2.45, 2.75) is 31.7 Å². The molecule has 0 saturated carbocycles. The van der Waals surface area contributed by atoms with Gasteiger partial charge in [-0.25, -0.2) is 4.39 Å². The highest BCUT2D eigenvalue weighted by molar-refractivity contribution is 5.94. The van der Waals surface area contributed by atoms with Crippen LogP contribution in [0.5, 0.6) is 0 Å². The van der Waals surface area contributed by atoms with Crippen molar-refractivity contribution in [2.75, 3.05) is 19.6 Å². The number of carbonyl (C=O) groups is 1. The van der Waals surface area contributed by atoms with Crippen molar-refractivity contribution in [1.29, 1.82) is 0 Å². The van der Waals surface area contributed by atoms with Crippen LogP contribution < -0.4 is 5.32 Å². The predicted octanol–water partition coefficient (Wildman–Crippen LogP) is 2.67. The van der Waals surface area contributed by atoms with E-state index in [1.165, 1.54) is 25.1 Å². The highest BCUT2D eigenvalue weighted by atomic mass is 35.5. The summed E-state index contributed by atoms with van der Waals surface area (Å²) in [5, 5.41) is 3.54. The molecule has 124 valence electrons. The van der Waals surface area contributed by atoms with Gasteiger partial charge in [0, 0.05) is 25.3 Å². The minimum absolute atomic E-state index is 0. The monoisotopic (exact) mass is 349 g/mol. The van der Waals surface area contributed by atoms with E-state index >= 15 is 0 Å². The van der Waals surface area contributed by atoms with Gasteiger partial charge >= 0.3 is 0 Å². The molecule has 22 heavy (non-hydrogen) atoms. The third-order valence-electron chi connectivity index (χ3n) is 4.50. The second-order valence-electron chi connectivity index (χ2n) is 5.69. The lowest BCUT2D eigenvalue weighted by Crippen LogP contribution is -2.43. The first-order valence-corrected chi connectivity index (χ1v) is 7.38. The first-order chi connectivity index (χ1) is 9.75. The molecule has 0 bridgehead atoms. The summed E-state index contributed by atoms with van der Waals surface area (Å²) in [6.45, 7) is 2.57. The fourth-order valence-corrected chi connectivity index (χ4v) is 3.34. The molecule has 0 radical (unpaired) electrons. The Kier molecular flexibility index (Phi) is 7.53. The SMILES string of the molecule is Cl.Cl.O=C(c1ccncc1F)N1CCC(C2CCCN2)CC1. The summed E-state index contributed by atoms with van der Waals surface area (Å²) < 4.78 is 13.6. The Hall–Kier alpha value is -0.910. The number of piperidine rings is 1. The molecule has 1 N–H and O–H groups in total. The molecular formula is C15H22Cl2FN3O. The van der Waals surface area contributed by atoms with E-state index in [2.05, 4.69) is 10.3 Å².